The summed E-state index contributed by atoms with van der Waals surface area (Å²) in [6.45, 7) is 0.414. The number of phenols is 1. The van der Waals surface area contributed by atoms with Gasteiger partial charge in [-0.25, -0.2) is 9.78 Å². The molecule has 0 radical (unpaired) electrons. The molecular weight excluding hydrogens is 494 g/mol. The summed E-state index contributed by atoms with van der Waals surface area (Å²) in [5, 5.41) is 11.7. The van der Waals surface area contributed by atoms with Crippen LogP contribution in [0.3, 0.4) is 0 Å². The molecule has 5 rings (SSSR count). The minimum atomic E-state index is -0.840. The maximum Gasteiger partial charge on any atom is 0.377 e. The Kier molecular flexibility index (Phi) is 7.12. The molecule has 2 aromatic carbocycles. The van der Waals surface area contributed by atoms with Crippen LogP contribution in [0.4, 0.5) is 0 Å². The third kappa shape index (κ3) is 5.93. The minimum absolute atomic E-state index is 0.127. The summed E-state index contributed by atoms with van der Waals surface area (Å²) in [6.07, 6.45) is 5.75. The quantitative estimate of drug-likeness (QED) is 0.247. The summed E-state index contributed by atoms with van der Waals surface area (Å²) >= 11 is 6.00. The largest absolute Gasteiger partial charge is 0.508 e. The summed E-state index contributed by atoms with van der Waals surface area (Å²) in [5.41, 5.74) is 3.44. The predicted octanol–water partition coefficient (Wildman–Crippen LogP) is 4.93. The van der Waals surface area contributed by atoms with Crippen LogP contribution < -0.4 is 0 Å². The van der Waals surface area contributed by atoms with Crippen molar-refractivity contribution in [3.8, 4) is 16.9 Å². The second-order valence-electron chi connectivity index (χ2n) is 9.15. The van der Waals surface area contributed by atoms with E-state index >= 15 is 0 Å². The summed E-state index contributed by atoms with van der Waals surface area (Å²) in [6, 6.07) is 16.9. The molecule has 1 fully saturated rings. The number of rotatable bonds is 9. The van der Waals surface area contributed by atoms with Gasteiger partial charge in [-0.05, 0) is 71.8 Å². The van der Waals surface area contributed by atoms with Crippen molar-refractivity contribution in [2.45, 2.75) is 25.3 Å². The average Bonchev–Trinajstić information content (AvgIpc) is 3.62. The smallest absolute Gasteiger partial charge is 0.377 e. The fourth-order valence-electron chi connectivity index (χ4n) is 4.13. The molecule has 1 saturated carbocycles. The number of benzene rings is 2. The Morgan fingerprint density at radius 1 is 1.05 bits per heavy atom. The van der Waals surface area contributed by atoms with Gasteiger partial charge in [-0.15, -0.1) is 5.06 Å². The molecule has 1 atom stereocenters. The van der Waals surface area contributed by atoms with Gasteiger partial charge in [0, 0.05) is 30.4 Å². The van der Waals surface area contributed by atoms with E-state index in [1.165, 1.54) is 12.2 Å². The number of aromatic nitrogens is 2. The lowest BCUT2D eigenvalue weighted by Crippen LogP contribution is -2.45. The second kappa shape index (κ2) is 10.6. The van der Waals surface area contributed by atoms with Crippen LogP contribution in [-0.4, -0.2) is 51.2 Å². The van der Waals surface area contributed by atoms with E-state index < -0.39 is 18.0 Å². The number of halogens is 1. The standard InChI is InChI=1S/C28H26ClN3O5/c1-36-28(35)25(14-18-4-11-23(33)12-5-18)32(15-19-2-3-19)37-27(34)24-17-31-16-21(8-13-26(31)30-24)20-6-9-22(29)10-7-20/h4-13,16-17,19,25,33H,2-3,14-15H2,1H3/t25-/m0/s1. The number of imidazole rings is 1. The van der Waals surface area contributed by atoms with E-state index in [4.69, 9.17) is 21.2 Å². The highest BCUT2D eigenvalue weighted by Crippen LogP contribution is 2.31. The molecular formula is C28H26ClN3O5. The normalized spacial score (nSPS) is 14.0. The van der Waals surface area contributed by atoms with Gasteiger partial charge in [0.15, 0.2) is 5.69 Å². The molecule has 0 saturated heterocycles. The number of hydroxylamine groups is 2. The third-order valence-corrected chi connectivity index (χ3v) is 6.61. The molecule has 9 heteroatoms. The number of phenolic OH excluding ortho intramolecular Hbond substituents is 1. The number of hydrogen-bond acceptors (Lipinski definition) is 7. The Morgan fingerprint density at radius 2 is 1.76 bits per heavy atom. The van der Waals surface area contributed by atoms with Gasteiger partial charge in [-0.1, -0.05) is 35.9 Å². The van der Waals surface area contributed by atoms with Crippen molar-refractivity contribution in [1.82, 2.24) is 14.4 Å². The number of hydrogen-bond donors (Lipinski definition) is 1. The number of ether oxygens (including phenoxy) is 1. The Bertz CT molecular complexity index is 1410. The van der Waals surface area contributed by atoms with Crippen LogP contribution >= 0.6 is 11.6 Å². The summed E-state index contributed by atoms with van der Waals surface area (Å²) in [4.78, 5) is 36.1. The molecule has 190 valence electrons. The van der Waals surface area contributed by atoms with Crippen molar-refractivity contribution >= 4 is 29.2 Å². The Hall–Kier alpha value is -3.88. The van der Waals surface area contributed by atoms with Gasteiger partial charge in [-0.3, -0.25) is 4.79 Å². The number of aromatic hydroxyl groups is 1. The summed E-state index contributed by atoms with van der Waals surface area (Å²) in [5.74, 6) is -0.699. The monoisotopic (exact) mass is 519 g/mol. The van der Waals surface area contributed by atoms with Crippen molar-refractivity contribution in [2.24, 2.45) is 5.92 Å². The van der Waals surface area contributed by atoms with Gasteiger partial charge >= 0.3 is 11.9 Å². The van der Waals surface area contributed by atoms with Gasteiger partial charge in [0.2, 0.25) is 0 Å². The lowest BCUT2D eigenvalue weighted by Gasteiger charge is -2.28. The zero-order valence-corrected chi connectivity index (χ0v) is 21.0. The van der Waals surface area contributed by atoms with Gasteiger partial charge in [0.05, 0.1) is 7.11 Å². The van der Waals surface area contributed by atoms with Crippen LogP contribution in [0.15, 0.2) is 73.1 Å². The highest BCUT2D eigenvalue weighted by Gasteiger charge is 2.36. The fourth-order valence-corrected chi connectivity index (χ4v) is 4.26. The molecule has 1 aliphatic carbocycles. The number of fused-ring (bicyclic) bond motifs is 1. The van der Waals surface area contributed by atoms with E-state index in [-0.39, 0.29) is 17.9 Å². The third-order valence-electron chi connectivity index (χ3n) is 6.36. The number of nitrogens with zero attached hydrogens (tertiary/aromatic N) is 3. The molecule has 0 unspecified atom stereocenters. The molecule has 4 aromatic rings. The molecule has 0 amide bonds. The van der Waals surface area contributed by atoms with Crippen molar-refractivity contribution in [2.75, 3.05) is 13.7 Å². The Balaban J connectivity index is 1.38. The van der Waals surface area contributed by atoms with E-state index in [2.05, 4.69) is 4.98 Å². The van der Waals surface area contributed by atoms with Crippen LogP contribution in [0, 0.1) is 5.92 Å². The van der Waals surface area contributed by atoms with Gasteiger partial charge in [0.25, 0.3) is 0 Å². The van der Waals surface area contributed by atoms with Crippen LogP contribution in [0.25, 0.3) is 16.8 Å². The topological polar surface area (TPSA) is 93.4 Å². The molecule has 2 heterocycles. The molecule has 8 nitrogen and oxygen atoms in total. The number of carbonyl (C=O) groups excluding carboxylic acids is 2. The summed E-state index contributed by atoms with van der Waals surface area (Å²) < 4.78 is 6.80. The van der Waals surface area contributed by atoms with Gasteiger partial charge in [-0.2, -0.15) is 0 Å². The molecule has 0 spiro atoms. The summed E-state index contributed by atoms with van der Waals surface area (Å²) in [7, 11) is 1.31. The highest BCUT2D eigenvalue weighted by molar-refractivity contribution is 6.30. The van der Waals surface area contributed by atoms with Crippen LogP contribution in [0.1, 0.15) is 28.9 Å². The highest BCUT2D eigenvalue weighted by atomic mass is 35.5. The number of carbonyl (C=O) groups is 2. The first-order chi connectivity index (χ1) is 17.9. The number of esters is 1. The second-order valence-corrected chi connectivity index (χ2v) is 9.58. The maximum absolute atomic E-state index is 13.2. The average molecular weight is 520 g/mol. The van der Waals surface area contributed by atoms with E-state index in [1.807, 2.05) is 42.6 Å². The SMILES string of the molecule is COC(=O)[C@H](Cc1ccc(O)cc1)N(CC1CC1)OC(=O)c1cn2cc(-c3ccc(Cl)cc3)ccc2n1. The first-order valence-corrected chi connectivity index (χ1v) is 12.4. The van der Waals surface area contributed by atoms with Crippen molar-refractivity contribution in [3.63, 3.8) is 0 Å². The molecule has 2 aromatic heterocycles. The molecule has 0 aliphatic heterocycles. The van der Waals surface area contributed by atoms with Gasteiger partial charge in [0.1, 0.15) is 17.4 Å². The van der Waals surface area contributed by atoms with Crippen molar-refractivity contribution in [3.05, 3.63) is 89.3 Å². The maximum atomic E-state index is 13.2. The van der Waals surface area contributed by atoms with Crippen LogP contribution in [-0.2, 0) is 20.8 Å². The molecule has 37 heavy (non-hydrogen) atoms. The van der Waals surface area contributed by atoms with Gasteiger partial charge < -0.3 is 19.1 Å². The first-order valence-electron chi connectivity index (χ1n) is 12.0. The zero-order valence-electron chi connectivity index (χ0n) is 20.2. The Morgan fingerprint density at radius 3 is 2.43 bits per heavy atom. The lowest BCUT2D eigenvalue weighted by molar-refractivity contribution is -0.175. The Labute approximate surface area is 219 Å². The predicted molar refractivity (Wildman–Crippen MR) is 138 cm³/mol. The van der Waals surface area contributed by atoms with Crippen molar-refractivity contribution in [1.29, 1.82) is 0 Å². The van der Waals surface area contributed by atoms with E-state index in [0.717, 1.165) is 29.5 Å². The van der Waals surface area contributed by atoms with Crippen LogP contribution in [0.5, 0.6) is 5.75 Å². The lowest BCUT2D eigenvalue weighted by atomic mass is 10.1. The molecule has 0 bridgehead atoms. The van der Waals surface area contributed by atoms with E-state index in [9.17, 15) is 14.7 Å². The number of pyridine rings is 1. The minimum Gasteiger partial charge on any atom is -0.508 e. The first kappa shape index (κ1) is 24.8. The van der Waals surface area contributed by atoms with Crippen LogP contribution in [0.2, 0.25) is 5.02 Å². The fraction of sp³-hybridized carbons (Fsp3) is 0.250. The zero-order chi connectivity index (χ0) is 25.9. The van der Waals surface area contributed by atoms with E-state index in [0.29, 0.717) is 23.1 Å². The van der Waals surface area contributed by atoms with E-state index in [1.54, 1.807) is 34.9 Å². The molecule has 1 aliphatic rings. The number of methoxy groups -OCH3 is 1. The molecule has 1 N–H and O–H groups in total. The van der Waals surface area contributed by atoms with Crippen molar-refractivity contribution < 1.29 is 24.3 Å².